The molecule has 2 aliphatic heterocycles. The standard InChI is InChI=1S/C22H22F3N3O4S/c1-2-32-18-10-9-15(22(23,24)25)12-17(18)26-21(29)14-6-5-11-28(13-14)20-16-7-3-4-8-19(16)33(30,31)27-20/h3-4,7-10,12,14H,2,5-6,11,13H2,1H3,(H,26,29). The van der Waals surface area contributed by atoms with E-state index in [4.69, 9.17) is 4.74 Å². The van der Waals surface area contributed by atoms with Gasteiger partial charge in [-0.05, 0) is 50.1 Å². The maximum atomic E-state index is 13.2. The molecule has 2 aliphatic rings. The second kappa shape index (κ2) is 8.69. The Morgan fingerprint density at radius 3 is 2.73 bits per heavy atom. The first-order valence-electron chi connectivity index (χ1n) is 10.4. The monoisotopic (exact) mass is 481 g/mol. The number of carbonyl (C=O) groups is 1. The quantitative estimate of drug-likeness (QED) is 0.716. The number of ether oxygens (including phenoxy) is 1. The topological polar surface area (TPSA) is 88.1 Å². The highest BCUT2D eigenvalue weighted by Crippen LogP contribution is 2.36. The van der Waals surface area contributed by atoms with Crippen LogP contribution in [0.5, 0.6) is 5.75 Å². The number of fused-ring (bicyclic) bond motifs is 1. The van der Waals surface area contributed by atoms with Gasteiger partial charge in [-0.3, -0.25) is 4.79 Å². The predicted octanol–water partition coefficient (Wildman–Crippen LogP) is 3.90. The van der Waals surface area contributed by atoms with Crippen LogP contribution in [-0.4, -0.2) is 44.8 Å². The number of alkyl halides is 3. The number of halogens is 3. The van der Waals surface area contributed by atoms with Gasteiger partial charge in [0.05, 0.1) is 23.8 Å². The molecular weight excluding hydrogens is 459 g/mol. The molecule has 0 aliphatic carbocycles. The van der Waals surface area contributed by atoms with Crippen LogP contribution in [0.3, 0.4) is 0 Å². The minimum absolute atomic E-state index is 0.0556. The number of sulfonamides is 1. The SMILES string of the molecule is CCOc1ccc(C(F)(F)F)cc1NC(=O)C1CCCN(C2=NS(=O)(=O)c3ccccc32)C1. The van der Waals surface area contributed by atoms with Crippen LogP contribution in [0.25, 0.3) is 0 Å². The number of amides is 1. The van der Waals surface area contributed by atoms with Crippen molar-refractivity contribution in [1.82, 2.24) is 4.90 Å². The summed E-state index contributed by atoms with van der Waals surface area (Å²) < 4.78 is 73.5. The van der Waals surface area contributed by atoms with Gasteiger partial charge in [-0.15, -0.1) is 4.40 Å². The maximum Gasteiger partial charge on any atom is 0.416 e. The van der Waals surface area contributed by atoms with E-state index in [0.717, 1.165) is 12.1 Å². The number of rotatable bonds is 4. The van der Waals surface area contributed by atoms with Gasteiger partial charge in [-0.2, -0.15) is 21.6 Å². The van der Waals surface area contributed by atoms with Crippen molar-refractivity contribution in [3.8, 4) is 5.75 Å². The molecule has 4 rings (SSSR count). The Bertz CT molecular complexity index is 1210. The molecule has 1 amide bonds. The van der Waals surface area contributed by atoms with E-state index < -0.39 is 33.6 Å². The summed E-state index contributed by atoms with van der Waals surface area (Å²) in [5, 5.41) is 2.58. The van der Waals surface area contributed by atoms with Crippen LogP contribution in [-0.2, 0) is 21.0 Å². The van der Waals surface area contributed by atoms with Gasteiger partial charge in [0, 0.05) is 18.7 Å². The number of nitrogens with zero attached hydrogens (tertiary/aromatic N) is 2. The predicted molar refractivity (Wildman–Crippen MR) is 116 cm³/mol. The summed E-state index contributed by atoms with van der Waals surface area (Å²) in [6.45, 7) is 2.62. The number of hydrogen-bond acceptors (Lipinski definition) is 5. The second-order valence-corrected chi connectivity index (χ2v) is 9.37. The van der Waals surface area contributed by atoms with Crippen LogP contribution in [0.15, 0.2) is 51.8 Å². The number of hydrogen-bond donors (Lipinski definition) is 1. The number of nitrogens with one attached hydrogen (secondary N) is 1. The Morgan fingerprint density at radius 1 is 1.24 bits per heavy atom. The number of benzene rings is 2. The molecule has 0 radical (unpaired) electrons. The van der Waals surface area contributed by atoms with E-state index in [1.165, 1.54) is 12.1 Å². The molecule has 0 saturated carbocycles. The lowest BCUT2D eigenvalue weighted by Crippen LogP contribution is -2.43. The highest BCUT2D eigenvalue weighted by atomic mass is 32.2. The van der Waals surface area contributed by atoms with Gasteiger partial charge in [-0.1, -0.05) is 12.1 Å². The molecule has 1 fully saturated rings. The number of likely N-dealkylation sites (tertiary alicyclic amines) is 1. The molecule has 2 aromatic carbocycles. The molecule has 7 nitrogen and oxygen atoms in total. The number of piperidine rings is 1. The molecule has 1 unspecified atom stereocenters. The van der Waals surface area contributed by atoms with Gasteiger partial charge in [-0.25, -0.2) is 0 Å². The normalized spacial score (nSPS) is 19.6. The largest absolute Gasteiger partial charge is 0.492 e. The van der Waals surface area contributed by atoms with Crippen molar-refractivity contribution >= 4 is 27.5 Å². The minimum Gasteiger partial charge on any atom is -0.492 e. The van der Waals surface area contributed by atoms with Crippen molar-refractivity contribution < 1.29 is 31.1 Å². The summed E-state index contributed by atoms with van der Waals surface area (Å²) in [6, 6.07) is 9.42. The van der Waals surface area contributed by atoms with Gasteiger partial charge < -0.3 is 15.0 Å². The van der Waals surface area contributed by atoms with Crippen LogP contribution in [0.1, 0.15) is 30.9 Å². The molecule has 11 heteroatoms. The summed E-state index contributed by atoms with van der Waals surface area (Å²) in [5.41, 5.74) is -0.469. The maximum absolute atomic E-state index is 13.2. The van der Waals surface area contributed by atoms with E-state index in [1.54, 1.807) is 30.0 Å². The van der Waals surface area contributed by atoms with Gasteiger partial charge in [0.15, 0.2) is 5.84 Å². The third-order valence-electron chi connectivity index (χ3n) is 5.57. The molecular formula is C22H22F3N3O4S. The Morgan fingerprint density at radius 2 is 2.00 bits per heavy atom. The lowest BCUT2D eigenvalue weighted by atomic mass is 9.96. The Balaban J connectivity index is 1.55. The van der Waals surface area contributed by atoms with E-state index in [-0.39, 0.29) is 35.3 Å². The molecule has 2 heterocycles. The van der Waals surface area contributed by atoms with Gasteiger partial charge in [0.1, 0.15) is 10.6 Å². The van der Waals surface area contributed by atoms with Crippen LogP contribution < -0.4 is 10.1 Å². The zero-order valence-electron chi connectivity index (χ0n) is 17.7. The van der Waals surface area contributed by atoms with Gasteiger partial charge >= 0.3 is 6.18 Å². The Hall–Kier alpha value is -3.08. The van der Waals surface area contributed by atoms with Crippen LogP contribution in [0, 0.1) is 5.92 Å². The number of anilines is 1. The Kier molecular flexibility index (Phi) is 6.08. The van der Waals surface area contributed by atoms with Gasteiger partial charge in [0.25, 0.3) is 10.0 Å². The van der Waals surface area contributed by atoms with Crippen molar-refractivity contribution in [2.75, 3.05) is 25.0 Å². The van der Waals surface area contributed by atoms with Crippen molar-refractivity contribution in [2.24, 2.45) is 10.3 Å². The summed E-state index contributed by atoms with van der Waals surface area (Å²) in [7, 11) is -3.80. The minimum atomic E-state index is -4.56. The van der Waals surface area contributed by atoms with Crippen molar-refractivity contribution in [3.05, 3.63) is 53.6 Å². The third-order valence-corrected chi connectivity index (χ3v) is 6.89. The first-order valence-corrected chi connectivity index (χ1v) is 11.9. The van der Waals surface area contributed by atoms with Crippen LogP contribution >= 0.6 is 0 Å². The number of carbonyl (C=O) groups excluding carboxylic acids is 1. The average Bonchev–Trinajstić information content (AvgIpc) is 3.05. The molecule has 33 heavy (non-hydrogen) atoms. The zero-order valence-corrected chi connectivity index (χ0v) is 18.5. The fraction of sp³-hybridized carbons (Fsp3) is 0.364. The molecule has 1 saturated heterocycles. The van der Waals surface area contributed by atoms with Crippen LogP contribution in [0.4, 0.5) is 18.9 Å². The lowest BCUT2D eigenvalue weighted by Gasteiger charge is -2.33. The van der Waals surface area contributed by atoms with Crippen LogP contribution in [0.2, 0.25) is 0 Å². The molecule has 176 valence electrons. The average molecular weight is 481 g/mol. The Labute approximate surface area is 189 Å². The molecule has 1 atom stereocenters. The first-order chi connectivity index (χ1) is 15.6. The fourth-order valence-electron chi connectivity index (χ4n) is 4.02. The van der Waals surface area contributed by atoms with Gasteiger partial charge in [0.2, 0.25) is 5.91 Å². The van der Waals surface area contributed by atoms with Crippen molar-refractivity contribution in [1.29, 1.82) is 0 Å². The summed E-state index contributed by atoms with van der Waals surface area (Å²) in [5.74, 6) is -0.598. The third kappa shape index (κ3) is 4.68. The number of amidine groups is 1. The van der Waals surface area contributed by atoms with E-state index in [9.17, 15) is 26.4 Å². The fourth-order valence-corrected chi connectivity index (χ4v) is 5.25. The highest BCUT2D eigenvalue weighted by Gasteiger charge is 2.36. The van der Waals surface area contributed by atoms with Crippen molar-refractivity contribution in [3.63, 3.8) is 0 Å². The lowest BCUT2D eigenvalue weighted by molar-refractivity contribution is -0.137. The van der Waals surface area contributed by atoms with E-state index >= 15 is 0 Å². The highest BCUT2D eigenvalue weighted by molar-refractivity contribution is 7.90. The molecule has 2 aromatic rings. The smallest absolute Gasteiger partial charge is 0.416 e. The summed E-state index contributed by atoms with van der Waals surface area (Å²) in [4.78, 5) is 14.9. The molecule has 0 bridgehead atoms. The molecule has 1 N–H and O–H groups in total. The van der Waals surface area contributed by atoms with E-state index in [1.807, 2.05) is 0 Å². The summed E-state index contributed by atoms with van der Waals surface area (Å²) >= 11 is 0. The summed E-state index contributed by atoms with van der Waals surface area (Å²) in [6.07, 6.45) is -3.46. The molecule has 0 aromatic heterocycles. The van der Waals surface area contributed by atoms with Crippen molar-refractivity contribution in [2.45, 2.75) is 30.8 Å². The second-order valence-electron chi connectivity index (χ2n) is 7.80. The van der Waals surface area contributed by atoms with E-state index in [2.05, 4.69) is 9.71 Å². The zero-order chi connectivity index (χ0) is 23.8. The molecule has 0 spiro atoms. The van der Waals surface area contributed by atoms with E-state index in [0.29, 0.717) is 24.9 Å². The first kappa shape index (κ1) is 23.1.